The van der Waals surface area contributed by atoms with Gasteiger partial charge in [0.1, 0.15) is 0 Å². The molecule has 2 amide bonds. The molecule has 4 bridgehead atoms. The average Bonchev–Trinajstić information content (AvgIpc) is 2.92. The lowest BCUT2D eigenvalue weighted by Crippen LogP contribution is -2.60. The Kier molecular flexibility index (Phi) is 7.71. The zero-order chi connectivity index (χ0) is 30.3. The third kappa shape index (κ3) is 6.09. The lowest BCUT2D eigenvalue weighted by molar-refractivity contribution is -0.140. The van der Waals surface area contributed by atoms with Gasteiger partial charge in [-0.25, -0.2) is 18.1 Å². The van der Waals surface area contributed by atoms with Gasteiger partial charge in [-0.2, -0.15) is 4.98 Å². The average molecular weight is 594 g/mol. The SMILES string of the molecule is CCC(C)(O)CC(=O)N1CCC2(CC1)NC(=O)c1cccc(c1)S(=O)(=O)Nc1nc(cc(-c3c(C)cccc3C)n1)O2. The Labute approximate surface area is 245 Å². The Hall–Kier alpha value is -4.03. The van der Waals surface area contributed by atoms with Crippen molar-refractivity contribution in [2.24, 2.45) is 0 Å². The van der Waals surface area contributed by atoms with Gasteiger partial charge in [-0.15, -0.1) is 0 Å². The molecular weight excluding hydrogens is 558 g/mol. The third-order valence-electron chi connectivity index (χ3n) is 7.93. The quantitative estimate of drug-likeness (QED) is 0.416. The van der Waals surface area contributed by atoms with Crippen molar-refractivity contribution in [3.05, 3.63) is 65.2 Å². The summed E-state index contributed by atoms with van der Waals surface area (Å²) in [6.07, 6.45) is 0.909. The number of hydrogen-bond donors (Lipinski definition) is 3. The van der Waals surface area contributed by atoms with E-state index in [1.165, 1.54) is 24.3 Å². The first kappa shape index (κ1) is 29.5. The molecule has 1 aromatic heterocycles. The van der Waals surface area contributed by atoms with Gasteiger partial charge in [0.05, 0.1) is 22.6 Å². The molecule has 2 aliphatic rings. The highest BCUT2D eigenvalue weighted by Gasteiger charge is 2.41. The summed E-state index contributed by atoms with van der Waals surface area (Å²) in [7, 11) is -4.13. The molecule has 3 aromatic rings. The van der Waals surface area contributed by atoms with Crippen molar-refractivity contribution in [3.8, 4) is 17.1 Å². The maximum absolute atomic E-state index is 13.5. The number of piperidine rings is 1. The number of nitrogens with zero attached hydrogens (tertiary/aromatic N) is 3. The fourth-order valence-electron chi connectivity index (χ4n) is 5.26. The van der Waals surface area contributed by atoms with E-state index in [0.29, 0.717) is 12.1 Å². The third-order valence-corrected chi connectivity index (χ3v) is 9.26. The zero-order valence-electron chi connectivity index (χ0n) is 24.1. The van der Waals surface area contributed by atoms with Crippen LogP contribution in [0.1, 0.15) is 61.0 Å². The van der Waals surface area contributed by atoms with Gasteiger partial charge in [0.15, 0.2) is 5.72 Å². The highest BCUT2D eigenvalue weighted by atomic mass is 32.2. The number of amides is 2. The number of fused-ring (bicyclic) bond motifs is 4. The second kappa shape index (κ2) is 11.0. The Morgan fingerprint density at radius 1 is 1.10 bits per heavy atom. The fourth-order valence-corrected chi connectivity index (χ4v) is 6.25. The van der Waals surface area contributed by atoms with Crippen molar-refractivity contribution in [1.82, 2.24) is 20.2 Å². The molecule has 2 aliphatic heterocycles. The largest absolute Gasteiger partial charge is 0.451 e. The number of sulfonamides is 1. The molecule has 1 spiro atoms. The lowest BCUT2D eigenvalue weighted by Gasteiger charge is -2.42. The topological polar surface area (TPSA) is 151 Å². The van der Waals surface area contributed by atoms with Crippen molar-refractivity contribution in [1.29, 1.82) is 0 Å². The van der Waals surface area contributed by atoms with E-state index in [1.807, 2.05) is 39.0 Å². The summed E-state index contributed by atoms with van der Waals surface area (Å²) in [6.45, 7) is 7.87. The van der Waals surface area contributed by atoms with Crippen LogP contribution in [0.3, 0.4) is 0 Å². The zero-order valence-corrected chi connectivity index (χ0v) is 24.9. The lowest BCUT2D eigenvalue weighted by atomic mass is 9.95. The highest BCUT2D eigenvalue weighted by molar-refractivity contribution is 7.92. The Morgan fingerprint density at radius 2 is 1.76 bits per heavy atom. The van der Waals surface area contributed by atoms with Crippen LogP contribution >= 0.6 is 0 Å². The number of carbonyl (C=O) groups excluding carboxylic acids is 2. The van der Waals surface area contributed by atoms with Crippen LogP contribution in [-0.2, 0) is 14.8 Å². The van der Waals surface area contributed by atoms with E-state index in [-0.39, 0.29) is 60.5 Å². The number of carbonyl (C=O) groups is 2. The molecule has 5 rings (SSSR count). The van der Waals surface area contributed by atoms with Crippen molar-refractivity contribution < 1.29 is 27.9 Å². The van der Waals surface area contributed by atoms with E-state index in [0.717, 1.165) is 16.7 Å². The van der Waals surface area contributed by atoms with E-state index in [2.05, 4.69) is 20.0 Å². The number of aliphatic hydroxyl groups is 1. The number of aryl methyl sites for hydroxylation is 2. The maximum atomic E-state index is 13.5. The van der Waals surface area contributed by atoms with Gasteiger partial charge in [-0.1, -0.05) is 31.2 Å². The molecule has 1 unspecified atom stereocenters. The monoisotopic (exact) mass is 593 g/mol. The first-order chi connectivity index (χ1) is 19.8. The summed E-state index contributed by atoms with van der Waals surface area (Å²) in [5.41, 5.74) is 0.902. The summed E-state index contributed by atoms with van der Waals surface area (Å²) in [4.78, 5) is 36.9. The molecule has 2 aromatic carbocycles. The fraction of sp³-hybridized carbons (Fsp3) is 0.400. The molecule has 1 atom stereocenters. The van der Waals surface area contributed by atoms with E-state index >= 15 is 0 Å². The summed E-state index contributed by atoms with van der Waals surface area (Å²) in [5, 5.41) is 13.4. The van der Waals surface area contributed by atoms with Crippen molar-refractivity contribution in [2.75, 3.05) is 17.8 Å². The maximum Gasteiger partial charge on any atom is 0.264 e. The molecule has 3 N–H and O–H groups in total. The summed E-state index contributed by atoms with van der Waals surface area (Å²) >= 11 is 0. The minimum atomic E-state index is -4.13. The second-order valence-corrected chi connectivity index (χ2v) is 13.0. The number of hydrogen-bond acceptors (Lipinski definition) is 8. The van der Waals surface area contributed by atoms with Crippen LogP contribution in [0, 0.1) is 13.8 Å². The smallest absolute Gasteiger partial charge is 0.264 e. The molecule has 1 saturated heterocycles. The first-order valence-electron chi connectivity index (χ1n) is 13.9. The van der Waals surface area contributed by atoms with Gasteiger partial charge in [-0.05, 0) is 56.5 Å². The number of rotatable bonds is 4. The van der Waals surface area contributed by atoms with E-state index in [9.17, 15) is 23.1 Å². The molecule has 222 valence electrons. The summed E-state index contributed by atoms with van der Waals surface area (Å²) < 4.78 is 35.4. The van der Waals surface area contributed by atoms with Gasteiger partial charge in [-0.3, -0.25) is 9.59 Å². The molecule has 0 saturated carbocycles. The van der Waals surface area contributed by atoms with Crippen LogP contribution in [0.2, 0.25) is 0 Å². The van der Waals surface area contributed by atoms with Gasteiger partial charge in [0.2, 0.25) is 17.7 Å². The molecule has 0 aliphatic carbocycles. The van der Waals surface area contributed by atoms with Gasteiger partial charge in [0, 0.05) is 43.1 Å². The summed E-state index contributed by atoms with van der Waals surface area (Å²) in [6, 6.07) is 13.1. The van der Waals surface area contributed by atoms with Gasteiger partial charge < -0.3 is 20.1 Å². The van der Waals surface area contributed by atoms with Crippen LogP contribution in [-0.4, -0.2) is 64.6 Å². The van der Waals surface area contributed by atoms with Crippen LogP contribution < -0.4 is 14.8 Å². The van der Waals surface area contributed by atoms with Gasteiger partial charge in [0.25, 0.3) is 15.9 Å². The normalized spacial score (nSPS) is 18.9. The highest BCUT2D eigenvalue weighted by Crippen LogP contribution is 2.33. The number of nitrogens with one attached hydrogen (secondary N) is 2. The van der Waals surface area contributed by atoms with Crippen molar-refractivity contribution in [2.45, 2.75) is 69.6 Å². The summed E-state index contributed by atoms with van der Waals surface area (Å²) in [5.74, 6) is -0.809. The molecule has 3 heterocycles. The number of benzene rings is 2. The minimum Gasteiger partial charge on any atom is -0.451 e. The Balaban J connectivity index is 1.57. The predicted molar refractivity (Wildman–Crippen MR) is 156 cm³/mol. The van der Waals surface area contributed by atoms with Gasteiger partial charge >= 0.3 is 0 Å². The van der Waals surface area contributed by atoms with Crippen LogP contribution in [0.25, 0.3) is 11.3 Å². The minimum absolute atomic E-state index is 0.00887. The number of ether oxygens (including phenoxy) is 1. The van der Waals surface area contributed by atoms with E-state index in [1.54, 1.807) is 17.9 Å². The van der Waals surface area contributed by atoms with E-state index in [4.69, 9.17) is 4.74 Å². The Bertz CT molecular complexity index is 1630. The number of likely N-dealkylation sites (tertiary alicyclic amines) is 1. The van der Waals surface area contributed by atoms with Crippen LogP contribution in [0.5, 0.6) is 5.88 Å². The van der Waals surface area contributed by atoms with E-state index < -0.39 is 27.3 Å². The molecule has 12 heteroatoms. The number of aromatic nitrogens is 2. The van der Waals surface area contributed by atoms with Crippen molar-refractivity contribution in [3.63, 3.8) is 0 Å². The van der Waals surface area contributed by atoms with Crippen molar-refractivity contribution >= 4 is 27.8 Å². The molecule has 1 fully saturated rings. The first-order valence-corrected chi connectivity index (χ1v) is 15.4. The molecule has 11 nitrogen and oxygen atoms in total. The standard InChI is InChI=1S/C30H35N5O6S/c1-5-29(4,38)18-25(36)35-14-12-30(13-15-35)33-27(37)21-10-7-11-22(16-21)42(39,40)34-28-31-23(17-24(32-28)41-30)26-19(2)8-6-9-20(26)3/h6-11,16-17,38H,5,12-15,18H2,1-4H3,(H,33,37)(H,31,32,34). The molecular formula is C30H35N5O6S. The number of anilines is 1. The Morgan fingerprint density at radius 3 is 2.43 bits per heavy atom. The second-order valence-electron chi connectivity index (χ2n) is 11.3. The van der Waals surface area contributed by atoms with Crippen LogP contribution in [0.15, 0.2) is 53.4 Å². The van der Waals surface area contributed by atoms with Crippen LogP contribution in [0.4, 0.5) is 5.95 Å². The molecule has 42 heavy (non-hydrogen) atoms. The predicted octanol–water partition coefficient (Wildman–Crippen LogP) is 3.55. The molecule has 0 radical (unpaired) electrons.